The predicted molar refractivity (Wildman–Crippen MR) is 170 cm³/mol. The van der Waals surface area contributed by atoms with Crippen molar-refractivity contribution in [1.82, 2.24) is 30.1 Å². The Balaban J connectivity index is 1.28. The molecular weight excluding hydrogens is 590 g/mol. The zero-order valence-corrected chi connectivity index (χ0v) is 27.3. The van der Waals surface area contributed by atoms with Crippen LogP contribution >= 0.6 is 0 Å². The maximum atomic E-state index is 13.5. The number of nitrogens with zero attached hydrogens (tertiary/aromatic N) is 3. The Morgan fingerprint density at radius 3 is 2.37 bits per heavy atom. The van der Waals surface area contributed by atoms with Crippen LogP contribution in [0.15, 0.2) is 29.3 Å². The van der Waals surface area contributed by atoms with Crippen molar-refractivity contribution in [1.29, 1.82) is 0 Å². The van der Waals surface area contributed by atoms with Crippen molar-refractivity contribution >= 4 is 35.1 Å². The monoisotopic (exact) mass is 635 g/mol. The number of likely N-dealkylation sites (N-methyl/N-ethyl adjacent to an activating group) is 1. The second-order valence-corrected chi connectivity index (χ2v) is 14.4. The van der Waals surface area contributed by atoms with Gasteiger partial charge in [-0.2, -0.15) is 0 Å². The number of imidazole rings is 1. The van der Waals surface area contributed by atoms with Gasteiger partial charge in [-0.05, 0) is 87.7 Å². The highest BCUT2D eigenvalue weighted by Gasteiger charge is 2.60. The summed E-state index contributed by atoms with van der Waals surface area (Å²) < 4.78 is 2.80. The van der Waals surface area contributed by atoms with Crippen molar-refractivity contribution in [3.8, 4) is 0 Å². The molecule has 4 aliphatic rings. The van der Waals surface area contributed by atoms with Crippen molar-refractivity contribution in [3.63, 3.8) is 0 Å². The lowest BCUT2D eigenvalue weighted by atomic mass is 9.43. The van der Waals surface area contributed by atoms with Gasteiger partial charge in [0.05, 0.1) is 6.20 Å². The smallest absolute Gasteiger partial charge is 0.287 e. The lowest BCUT2D eigenvalue weighted by Gasteiger charge is -2.65. The van der Waals surface area contributed by atoms with Gasteiger partial charge in [-0.3, -0.25) is 28.8 Å². The molecule has 46 heavy (non-hydrogen) atoms. The predicted octanol–water partition coefficient (Wildman–Crippen LogP) is 1.98. The number of pyridine rings is 1. The number of hydrogen-bond acceptors (Lipinski definition) is 7. The summed E-state index contributed by atoms with van der Waals surface area (Å²) in [5.41, 5.74) is -0.302. The third-order valence-corrected chi connectivity index (χ3v) is 9.95. The first kappa shape index (κ1) is 33.1. The maximum Gasteiger partial charge on any atom is 0.287 e. The van der Waals surface area contributed by atoms with Gasteiger partial charge in [0.15, 0.2) is 0 Å². The number of carbonyl (C=O) groups is 5. The zero-order valence-electron chi connectivity index (χ0n) is 27.3. The molecule has 4 fully saturated rings. The summed E-state index contributed by atoms with van der Waals surface area (Å²) in [6.45, 7) is 8.12. The van der Waals surface area contributed by atoms with E-state index in [1.165, 1.54) is 42.3 Å². The number of carbonyl (C=O) groups excluding carboxylic acids is 5. The Morgan fingerprint density at radius 2 is 1.76 bits per heavy atom. The average molecular weight is 636 g/mol. The maximum absolute atomic E-state index is 13.5. The van der Waals surface area contributed by atoms with Gasteiger partial charge in [-0.25, -0.2) is 4.98 Å². The fourth-order valence-corrected chi connectivity index (χ4v) is 8.92. The molecule has 0 radical (unpaired) electrons. The molecule has 0 aliphatic heterocycles. The fourth-order valence-electron chi connectivity index (χ4n) is 8.92. The van der Waals surface area contributed by atoms with Gasteiger partial charge in [-0.15, -0.1) is 0 Å². The summed E-state index contributed by atoms with van der Waals surface area (Å²) in [5.74, 6) is -1.94. The van der Waals surface area contributed by atoms with Gasteiger partial charge in [0.2, 0.25) is 17.6 Å². The standard InChI is InChI=1S/C33H45N7O6/c1-6-34-29(45)25(41)10-9-22(36-28(44)24-15-35-20(2)39(24)5)27(43)37-23-8-7-11-40(30(23)46)16-26(42)38-33-14-21-12-31(3,18-33)17-32(4,13-21)19-33/h7-8,11,15,21-22H,6,9-10,12-14,16-19H2,1-5H3,(H,34,45)(H,36,44)(H,37,43)(H,38,42)/t21?,22-,31?,32?,33?/m0/s1. The lowest BCUT2D eigenvalue weighted by Crippen LogP contribution is -2.65. The Kier molecular flexibility index (Phi) is 8.98. The molecule has 2 aromatic heterocycles. The molecule has 4 N–H and O–H groups in total. The molecule has 2 heterocycles. The molecule has 3 atom stereocenters. The van der Waals surface area contributed by atoms with E-state index < -0.39 is 35.1 Å². The second-order valence-electron chi connectivity index (χ2n) is 14.4. The van der Waals surface area contributed by atoms with Crippen LogP contribution in [-0.2, 0) is 32.8 Å². The third kappa shape index (κ3) is 6.92. The van der Waals surface area contributed by atoms with E-state index in [2.05, 4.69) is 40.1 Å². The van der Waals surface area contributed by atoms with Crippen molar-refractivity contribution in [2.75, 3.05) is 11.9 Å². The van der Waals surface area contributed by atoms with E-state index in [-0.39, 0.29) is 59.6 Å². The SMILES string of the molecule is CCNC(=O)C(=O)CC[C@H](NC(=O)c1cnc(C)n1C)C(=O)Nc1cccn(CC(=O)NC23CC4CC(C)(CC(C)(C4)C2)C3)c1=O. The third-order valence-electron chi connectivity index (χ3n) is 9.95. The Labute approximate surface area is 268 Å². The molecule has 248 valence electrons. The number of hydrogen-bond donors (Lipinski definition) is 4. The van der Waals surface area contributed by atoms with Crippen LogP contribution in [0.1, 0.15) is 88.5 Å². The highest BCUT2D eigenvalue weighted by Crippen LogP contribution is 2.66. The van der Waals surface area contributed by atoms with E-state index >= 15 is 0 Å². The number of anilines is 1. The second kappa shape index (κ2) is 12.5. The first-order valence-electron chi connectivity index (χ1n) is 16.1. The first-order chi connectivity index (χ1) is 21.6. The van der Waals surface area contributed by atoms with Crippen LogP contribution in [0.25, 0.3) is 0 Å². The van der Waals surface area contributed by atoms with Crippen LogP contribution < -0.4 is 26.8 Å². The summed E-state index contributed by atoms with van der Waals surface area (Å²) in [7, 11) is 1.65. The van der Waals surface area contributed by atoms with E-state index in [1.807, 2.05) is 0 Å². The van der Waals surface area contributed by atoms with Crippen LogP contribution in [0.2, 0.25) is 0 Å². The number of aromatic nitrogens is 3. The Hall–Kier alpha value is -4.29. The summed E-state index contributed by atoms with van der Waals surface area (Å²) in [6.07, 6.45) is 8.79. The van der Waals surface area contributed by atoms with Crippen LogP contribution in [0.4, 0.5) is 5.69 Å². The van der Waals surface area contributed by atoms with Gasteiger partial charge in [-0.1, -0.05) is 13.8 Å². The summed E-state index contributed by atoms with van der Waals surface area (Å²) in [4.78, 5) is 81.7. The summed E-state index contributed by atoms with van der Waals surface area (Å²) in [6, 6.07) is 1.72. The van der Waals surface area contributed by atoms with E-state index in [1.54, 1.807) is 31.5 Å². The van der Waals surface area contributed by atoms with Gasteiger partial charge < -0.3 is 30.4 Å². The molecule has 6 rings (SSSR count). The van der Waals surface area contributed by atoms with Crippen molar-refractivity contribution in [2.24, 2.45) is 23.8 Å². The van der Waals surface area contributed by atoms with Gasteiger partial charge in [0.25, 0.3) is 17.4 Å². The summed E-state index contributed by atoms with van der Waals surface area (Å²) >= 11 is 0. The van der Waals surface area contributed by atoms with E-state index in [9.17, 15) is 28.8 Å². The molecular formula is C33H45N7O6. The van der Waals surface area contributed by atoms with Crippen LogP contribution in [0.5, 0.6) is 0 Å². The van der Waals surface area contributed by atoms with Crippen LogP contribution in [-0.4, -0.2) is 61.7 Å². The van der Waals surface area contributed by atoms with Gasteiger partial charge >= 0.3 is 0 Å². The minimum atomic E-state index is -1.25. The number of nitrogens with one attached hydrogen (secondary N) is 4. The Bertz CT molecular complexity index is 1610. The van der Waals surface area contributed by atoms with E-state index in [0.29, 0.717) is 11.7 Å². The normalized spacial score (nSPS) is 26.7. The number of Topliss-reactive ketones (excluding diaryl/α,β-unsaturated/α-hetero) is 1. The molecule has 2 aromatic rings. The van der Waals surface area contributed by atoms with E-state index in [0.717, 1.165) is 19.3 Å². The van der Waals surface area contributed by atoms with Crippen molar-refractivity contribution in [3.05, 3.63) is 46.4 Å². The fraction of sp³-hybridized carbons (Fsp3) is 0.606. The largest absolute Gasteiger partial charge is 0.350 e. The molecule has 0 saturated heterocycles. The molecule has 4 aliphatic carbocycles. The first-order valence-corrected chi connectivity index (χ1v) is 16.1. The number of amides is 4. The lowest BCUT2D eigenvalue weighted by molar-refractivity contribution is -0.140. The molecule has 13 heteroatoms. The molecule has 2 unspecified atom stereocenters. The Morgan fingerprint density at radius 1 is 1.07 bits per heavy atom. The molecule has 0 aromatic carbocycles. The minimum Gasteiger partial charge on any atom is -0.350 e. The van der Waals surface area contributed by atoms with Crippen molar-refractivity contribution < 1.29 is 24.0 Å². The quantitative estimate of drug-likeness (QED) is 0.258. The molecule has 4 amide bonds. The summed E-state index contributed by atoms with van der Waals surface area (Å²) in [5, 5.41) is 10.9. The number of rotatable bonds is 12. The average Bonchev–Trinajstić information content (AvgIpc) is 3.28. The van der Waals surface area contributed by atoms with Crippen molar-refractivity contribution in [2.45, 2.75) is 97.2 Å². The molecule has 4 bridgehead atoms. The van der Waals surface area contributed by atoms with E-state index in [4.69, 9.17) is 0 Å². The molecule has 13 nitrogen and oxygen atoms in total. The van der Waals surface area contributed by atoms with Gasteiger partial charge in [0.1, 0.15) is 29.8 Å². The topological polar surface area (TPSA) is 173 Å². The van der Waals surface area contributed by atoms with Crippen LogP contribution in [0, 0.1) is 23.7 Å². The number of aryl methyl sites for hydroxylation is 1. The highest BCUT2D eigenvalue weighted by molar-refractivity contribution is 6.36. The highest BCUT2D eigenvalue weighted by atomic mass is 16.2. The number of ketones is 1. The van der Waals surface area contributed by atoms with Crippen LogP contribution in [0.3, 0.4) is 0 Å². The minimum absolute atomic E-state index is 0.0826. The molecule has 0 spiro atoms. The molecule has 4 saturated carbocycles. The zero-order chi connectivity index (χ0) is 33.4. The van der Waals surface area contributed by atoms with Gasteiger partial charge in [0, 0.05) is 31.7 Å².